The van der Waals surface area contributed by atoms with E-state index in [1.165, 1.54) is 0 Å². The number of nitrogens with one attached hydrogen (secondary N) is 1. The molecule has 0 saturated heterocycles. The zero-order chi connectivity index (χ0) is 16.2. The van der Waals surface area contributed by atoms with Gasteiger partial charge in [0.25, 0.3) is 0 Å². The molecule has 0 aliphatic heterocycles. The summed E-state index contributed by atoms with van der Waals surface area (Å²) in [5.74, 6) is -1.56. The van der Waals surface area contributed by atoms with E-state index >= 15 is 0 Å². The van der Waals surface area contributed by atoms with Gasteiger partial charge in [0.2, 0.25) is 10.0 Å². The van der Waals surface area contributed by atoms with Crippen LogP contribution in [0, 0.1) is 0 Å². The van der Waals surface area contributed by atoms with Crippen molar-refractivity contribution >= 4 is 16.0 Å². The zero-order valence-electron chi connectivity index (χ0n) is 11.5. The van der Waals surface area contributed by atoms with E-state index in [0.717, 1.165) is 6.26 Å². The number of sulfonamides is 1. The number of hydrogen-bond donors (Lipinski definition) is 1. The minimum atomic E-state index is -4.84. The van der Waals surface area contributed by atoms with Crippen molar-refractivity contribution < 1.29 is 31.1 Å². The van der Waals surface area contributed by atoms with Crippen molar-refractivity contribution in [2.45, 2.75) is 38.4 Å². The fraction of sp³-hybridized carbons (Fsp3) is 0.727. The fourth-order valence-electron chi connectivity index (χ4n) is 1.32. The van der Waals surface area contributed by atoms with Gasteiger partial charge < -0.3 is 4.74 Å². The Morgan fingerprint density at radius 2 is 1.85 bits per heavy atom. The third-order valence-corrected chi connectivity index (χ3v) is 3.55. The van der Waals surface area contributed by atoms with E-state index in [0.29, 0.717) is 6.42 Å². The molecule has 1 atom stereocenters. The van der Waals surface area contributed by atoms with E-state index in [-0.39, 0.29) is 13.0 Å². The number of rotatable bonds is 7. The quantitative estimate of drug-likeness (QED) is 0.573. The van der Waals surface area contributed by atoms with E-state index < -0.39 is 33.3 Å². The maximum Gasteiger partial charge on any atom is 0.422 e. The average Bonchev–Trinajstić information content (AvgIpc) is 2.24. The largest absolute Gasteiger partial charge is 0.462 e. The number of carbonyl (C=O) groups excluding carboxylic acids is 1. The van der Waals surface area contributed by atoms with Gasteiger partial charge in [-0.3, -0.25) is 0 Å². The van der Waals surface area contributed by atoms with Crippen molar-refractivity contribution in [3.8, 4) is 0 Å². The molecule has 0 aliphatic carbocycles. The molecule has 1 unspecified atom stereocenters. The van der Waals surface area contributed by atoms with Gasteiger partial charge in [-0.05, 0) is 13.3 Å². The standard InChI is InChI=1S/C11H18F3NO4S/c1-5-10(3,15-20(4,17)18)6-7-19-9(16)8(2)11(12,13)14/h15H,2,5-7H2,1,3-4H3. The molecule has 1 N–H and O–H groups in total. The van der Waals surface area contributed by atoms with Crippen LogP contribution in [0.4, 0.5) is 13.2 Å². The van der Waals surface area contributed by atoms with Crippen molar-refractivity contribution in [2.24, 2.45) is 0 Å². The Balaban J connectivity index is 4.48. The summed E-state index contributed by atoms with van der Waals surface area (Å²) < 4.78 is 65.6. The van der Waals surface area contributed by atoms with E-state index in [1.54, 1.807) is 13.8 Å². The van der Waals surface area contributed by atoms with Crippen LogP contribution in [-0.4, -0.2) is 39.0 Å². The highest BCUT2D eigenvalue weighted by atomic mass is 32.2. The van der Waals surface area contributed by atoms with Gasteiger partial charge in [-0.1, -0.05) is 13.5 Å². The lowest BCUT2D eigenvalue weighted by Gasteiger charge is -2.28. The topological polar surface area (TPSA) is 72.5 Å². The van der Waals surface area contributed by atoms with Crippen LogP contribution < -0.4 is 4.72 Å². The first kappa shape index (κ1) is 18.9. The Morgan fingerprint density at radius 1 is 1.35 bits per heavy atom. The monoisotopic (exact) mass is 317 g/mol. The molecule has 0 rings (SSSR count). The highest BCUT2D eigenvalue weighted by Gasteiger charge is 2.38. The maximum absolute atomic E-state index is 12.2. The summed E-state index contributed by atoms with van der Waals surface area (Å²) in [6.07, 6.45) is -3.43. The predicted molar refractivity (Wildman–Crippen MR) is 67.4 cm³/mol. The van der Waals surface area contributed by atoms with Crippen LogP contribution in [0.25, 0.3) is 0 Å². The van der Waals surface area contributed by atoms with E-state index in [4.69, 9.17) is 0 Å². The summed E-state index contributed by atoms with van der Waals surface area (Å²) in [5.41, 5.74) is -2.49. The zero-order valence-corrected chi connectivity index (χ0v) is 12.3. The van der Waals surface area contributed by atoms with Crippen LogP contribution in [0.5, 0.6) is 0 Å². The molecular weight excluding hydrogens is 299 g/mol. The van der Waals surface area contributed by atoms with Gasteiger partial charge in [-0.2, -0.15) is 13.2 Å². The van der Waals surface area contributed by atoms with Crippen LogP contribution in [0.1, 0.15) is 26.7 Å². The molecule has 0 heterocycles. The Kier molecular flexibility index (Phi) is 6.22. The molecule has 0 aromatic carbocycles. The second-order valence-electron chi connectivity index (χ2n) is 4.65. The number of hydrogen-bond acceptors (Lipinski definition) is 4. The molecule has 5 nitrogen and oxygen atoms in total. The van der Waals surface area contributed by atoms with Crippen molar-refractivity contribution in [3.63, 3.8) is 0 Å². The number of halogens is 3. The predicted octanol–water partition coefficient (Wildman–Crippen LogP) is 1.76. The summed E-state index contributed by atoms with van der Waals surface area (Å²) in [7, 11) is -3.47. The summed E-state index contributed by atoms with van der Waals surface area (Å²) in [6.45, 7) is 5.54. The fourth-order valence-corrected chi connectivity index (χ4v) is 2.46. The molecule has 0 saturated carbocycles. The number of alkyl halides is 3. The van der Waals surface area contributed by atoms with Crippen molar-refractivity contribution in [2.75, 3.05) is 12.9 Å². The molecule has 0 aliphatic rings. The summed E-state index contributed by atoms with van der Waals surface area (Å²) >= 11 is 0. The van der Waals surface area contributed by atoms with Crippen LogP contribution in [0.3, 0.4) is 0 Å². The lowest BCUT2D eigenvalue weighted by Crippen LogP contribution is -2.45. The minimum Gasteiger partial charge on any atom is -0.462 e. The Hall–Kier alpha value is -1.09. The summed E-state index contributed by atoms with van der Waals surface area (Å²) in [4.78, 5) is 11.1. The molecule has 20 heavy (non-hydrogen) atoms. The molecule has 0 fully saturated rings. The highest BCUT2D eigenvalue weighted by molar-refractivity contribution is 7.88. The molecule has 0 aromatic rings. The van der Waals surface area contributed by atoms with Gasteiger partial charge in [0, 0.05) is 12.0 Å². The number of carbonyl (C=O) groups is 1. The third-order valence-electron chi connectivity index (χ3n) is 2.69. The highest BCUT2D eigenvalue weighted by Crippen LogP contribution is 2.25. The summed E-state index contributed by atoms with van der Waals surface area (Å²) in [6, 6.07) is 0. The van der Waals surface area contributed by atoms with Crippen molar-refractivity contribution in [1.29, 1.82) is 0 Å². The summed E-state index contributed by atoms with van der Waals surface area (Å²) in [5, 5.41) is 0. The van der Waals surface area contributed by atoms with Gasteiger partial charge in [0.05, 0.1) is 12.9 Å². The van der Waals surface area contributed by atoms with Crippen LogP contribution >= 0.6 is 0 Å². The van der Waals surface area contributed by atoms with Gasteiger partial charge >= 0.3 is 12.1 Å². The van der Waals surface area contributed by atoms with Gasteiger partial charge in [0.1, 0.15) is 5.57 Å². The van der Waals surface area contributed by atoms with Crippen molar-refractivity contribution in [3.05, 3.63) is 12.2 Å². The second-order valence-corrected chi connectivity index (χ2v) is 6.40. The van der Waals surface area contributed by atoms with Crippen LogP contribution in [0.2, 0.25) is 0 Å². The lowest BCUT2D eigenvalue weighted by atomic mass is 9.97. The van der Waals surface area contributed by atoms with Crippen LogP contribution in [-0.2, 0) is 19.6 Å². The normalized spacial score (nSPS) is 15.5. The molecule has 0 radical (unpaired) electrons. The first-order valence-corrected chi connectivity index (χ1v) is 7.62. The first-order chi connectivity index (χ1) is 8.81. The molecule has 118 valence electrons. The molecule has 0 spiro atoms. The van der Waals surface area contributed by atoms with Gasteiger partial charge in [-0.15, -0.1) is 0 Å². The van der Waals surface area contributed by atoms with Gasteiger partial charge in [0.15, 0.2) is 0 Å². The molecular formula is C11H18F3NO4S. The van der Waals surface area contributed by atoms with Crippen molar-refractivity contribution in [1.82, 2.24) is 4.72 Å². The molecule has 0 aromatic heterocycles. The number of ether oxygens (including phenoxy) is 1. The Morgan fingerprint density at radius 3 is 2.20 bits per heavy atom. The SMILES string of the molecule is C=C(C(=O)OCCC(C)(CC)NS(C)(=O)=O)C(F)(F)F. The van der Waals surface area contributed by atoms with E-state index in [9.17, 15) is 26.4 Å². The van der Waals surface area contributed by atoms with E-state index in [1.807, 2.05) is 0 Å². The first-order valence-electron chi connectivity index (χ1n) is 5.73. The second kappa shape index (κ2) is 6.57. The maximum atomic E-state index is 12.2. The molecule has 0 amide bonds. The average molecular weight is 317 g/mol. The smallest absolute Gasteiger partial charge is 0.422 e. The van der Waals surface area contributed by atoms with Gasteiger partial charge in [-0.25, -0.2) is 17.9 Å². The number of esters is 1. The third kappa shape index (κ3) is 6.90. The minimum absolute atomic E-state index is 0.0491. The molecule has 9 heteroatoms. The Labute approximate surface area is 116 Å². The van der Waals surface area contributed by atoms with Crippen LogP contribution in [0.15, 0.2) is 12.2 Å². The Bertz CT molecular complexity index is 473. The molecule has 0 bridgehead atoms. The lowest BCUT2D eigenvalue weighted by molar-refractivity contribution is -0.150. The van der Waals surface area contributed by atoms with E-state index in [2.05, 4.69) is 16.0 Å².